The van der Waals surface area contributed by atoms with Crippen LogP contribution in [-0.4, -0.2) is 35.5 Å². The summed E-state index contributed by atoms with van der Waals surface area (Å²) in [5.41, 5.74) is 1.54. The number of rotatable bonds is 2. The smallest absolute Gasteiger partial charge is 0.317 e. The van der Waals surface area contributed by atoms with Crippen LogP contribution in [0.1, 0.15) is 17.5 Å². The van der Waals surface area contributed by atoms with E-state index in [4.69, 9.17) is 0 Å². The lowest BCUT2D eigenvalue weighted by Crippen LogP contribution is -2.40. The Morgan fingerprint density at radius 3 is 3.05 bits per heavy atom. The zero-order valence-electron chi connectivity index (χ0n) is 11.1. The van der Waals surface area contributed by atoms with Crippen molar-refractivity contribution in [2.75, 3.05) is 24.6 Å². The van der Waals surface area contributed by atoms with Crippen molar-refractivity contribution >= 4 is 17.8 Å². The molecule has 2 rings (SSSR count). The standard InChI is InChI=1S/C14H19FN2OS/c1-11-9-12(3-4-13(11)15)10-16-14(18)17-5-2-7-19-8-6-17/h3-4,9H,2,5-8,10H2,1H3,(H,16,18). The van der Waals surface area contributed by atoms with Crippen molar-refractivity contribution in [3.05, 3.63) is 35.1 Å². The van der Waals surface area contributed by atoms with Gasteiger partial charge in [0.25, 0.3) is 0 Å². The van der Waals surface area contributed by atoms with Crippen LogP contribution >= 0.6 is 11.8 Å². The lowest BCUT2D eigenvalue weighted by atomic mass is 10.1. The van der Waals surface area contributed by atoms with Crippen molar-refractivity contribution in [1.82, 2.24) is 10.2 Å². The highest BCUT2D eigenvalue weighted by Gasteiger charge is 2.14. The number of halogens is 1. The lowest BCUT2D eigenvalue weighted by molar-refractivity contribution is 0.201. The van der Waals surface area contributed by atoms with Crippen LogP contribution in [0.15, 0.2) is 18.2 Å². The van der Waals surface area contributed by atoms with Crippen LogP contribution in [0.2, 0.25) is 0 Å². The Balaban J connectivity index is 1.86. The van der Waals surface area contributed by atoms with Gasteiger partial charge in [-0.1, -0.05) is 12.1 Å². The Bertz CT molecular complexity index is 445. The van der Waals surface area contributed by atoms with E-state index in [0.29, 0.717) is 12.1 Å². The Kier molecular flexibility index (Phi) is 5.07. The molecule has 3 nitrogen and oxygen atoms in total. The topological polar surface area (TPSA) is 32.3 Å². The molecule has 104 valence electrons. The molecule has 0 aliphatic carbocycles. The van der Waals surface area contributed by atoms with Gasteiger partial charge in [-0.25, -0.2) is 9.18 Å². The molecule has 0 saturated carbocycles. The fourth-order valence-electron chi connectivity index (χ4n) is 2.06. The molecule has 1 heterocycles. The monoisotopic (exact) mass is 282 g/mol. The number of urea groups is 1. The van der Waals surface area contributed by atoms with Gasteiger partial charge in [0.05, 0.1) is 0 Å². The fourth-order valence-corrected chi connectivity index (χ4v) is 2.94. The predicted octanol–water partition coefficient (Wildman–Crippen LogP) is 2.78. The minimum atomic E-state index is -0.209. The molecular formula is C14H19FN2OS. The number of hydrogen-bond donors (Lipinski definition) is 1. The molecule has 1 saturated heterocycles. The van der Waals surface area contributed by atoms with Crippen molar-refractivity contribution in [2.24, 2.45) is 0 Å². The van der Waals surface area contributed by atoms with Crippen molar-refractivity contribution < 1.29 is 9.18 Å². The molecule has 0 bridgehead atoms. The van der Waals surface area contributed by atoms with E-state index < -0.39 is 0 Å². The molecule has 1 aromatic rings. The number of benzene rings is 1. The van der Waals surface area contributed by atoms with Crippen molar-refractivity contribution in [2.45, 2.75) is 19.9 Å². The molecule has 19 heavy (non-hydrogen) atoms. The molecule has 1 aliphatic rings. The van der Waals surface area contributed by atoms with E-state index in [9.17, 15) is 9.18 Å². The normalized spacial score (nSPS) is 16.0. The van der Waals surface area contributed by atoms with Gasteiger partial charge in [0.1, 0.15) is 5.82 Å². The third kappa shape index (κ3) is 4.13. The maximum atomic E-state index is 13.1. The van der Waals surface area contributed by atoms with Gasteiger partial charge in [-0.05, 0) is 36.3 Å². The Morgan fingerprint density at radius 2 is 2.26 bits per heavy atom. The first-order valence-electron chi connectivity index (χ1n) is 6.52. The summed E-state index contributed by atoms with van der Waals surface area (Å²) in [6.45, 7) is 3.80. The minimum Gasteiger partial charge on any atom is -0.334 e. The van der Waals surface area contributed by atoms with Crippen LogP contribution < -0.4 is 5.32 Å². The first-order valence-corrected chi connectivity index (χ1v) is 7.68. The van der Waals surface area contributed by atoms with Crippen LogP contribution in [0.25, 0.3) is 0 Å². The summed E-state index contributed by atoms with van der Waals surface area (Å²) < 4.78 is 13.1. The van der Waals surface area contributed by atoms with Crippen LogP contribution in [0.3, 0.4) is 0 Å². The molecule has 0 unspecified atom stereocenters. The third-order valence-corrected chi connectivity index (χ3v) is 4.22. The van der Waals surface area contributed by atoms with E-state index in [2.05, 4.69) is 5.32 Å². The summed E-state index contributed by atoms with van der Waals surface area (Å²) in [5, 5.41) is 2.90. The number of thioether (sulfide) groups is 1. The second kappa shape index (κ2) is 6.80. The van der Waals surface area contributed by atoms with Crippen LogP contribution in [0.5, 0.6) is 0 Å². The van der Waals surface area contributed by atoms with Crippen molar-refractivity contribution in [3.63, 3.8) is 0 Å². The maximum absolute atomic E-state index is 13.1. The molecule has 2 amide bonds. The molecule has 5 heteroatoms. The third-order valence-electron chi connectivity index (χ3n) is 3.18. The number of nitrogens with zero attached hydrogens (tertiary/aromatic N) is 1. The average Bonchev–Trinajstić information content (AvgIpc) is 2.69. The van der Waals surface area contributed by atoms with Crippen LogP contribution in [-0.2, 0) is 6.54 Å². The number of amides is 2. The second-order valence-corrected chi connectivity index (χ2v) is 5.92. The molecule has 0 spiro atoms. The highest BCUT2D eigenvalue weighted by molar-refractivity contribution is 7.99. The van der Waals surface area contributed by atoms with E-state index in [1.807, 2.05) is 16.7 Å². The summed E-state index contributed by atoms with van der Waals surface area (Å²) in [6.07, 6.45) is 1.05. The van der Waals surface area contributed by atoms with Gasteiger partial charge in [-0.3, -0.25) is 0 Å². The van der Waals surface area contributed by atoms with Gasteiger partial charge >= 0.3 is 6.03 Å². The van der Waals surface area contributed by atoms with Gasteiger partial charge in [-0.2, -0.15) is 11.8 Å². The highest BCUT2D eigenvalue weighted by atomic mass is 32.2. The molecule has 1 fully saturated rings. The second-order valence-electron chi connectivity index (χ2n) is 4.70. The van der Waals surface area contributed by atoms with E-state index in [0.717, 1.165) is 36.6 Å². The summed E-state index contributed by atoms with van der Waals surface area (Å²) >= 11 is 1.89. The van der Waals surface area contributed by atoms with Crippen molar-refractivity contribution in [1.29, 1.82) is 0 Å². The quantitative estimate of drug-likeness (QED) is 0.904. The largest absolute Gasteiger partial charge is 0.334 e. The molecular weight excluding hydrogens is 263 g/mol. The number of carbonyl (C=O) groups excluding carboxylic acids is 1. The zero-order valence-corrected chi connectivity index (χ0v) is 11.9. The first-order chi connectivity index (χ1) is 9.16. The number of carbonyl (C=O) groups is 1. The summed E-state index contributed by atoms with van der Waals surface area (Å²) in [7, 11) is 0. The maximum Gasteiger partial charge on any atom is 0.317 e. The average molecular weight is 282 g/mol. The van der Waals surface area contributed by atoms with E-state index in [-0.39, 0.29) is 11.8 Å². The number of aryl methyl sites for hydroxylation is 1. The Hall–Kier alpha value is -1.23. The van der Waals surface area contributed by atoms with Gasteiger partial charge in [0.15, 0.2) is 0 Å². The van der Waals surface area contributed by atoms with Gasteiger partial charge in [0.2, 0.25) is 0 Å². The van der Waals surface area contributed by atoms with E-state index in [1.54, 1.807) is 19.1 Å². The number of nitrogens with one attached hydrogen (secondary N) is 1. The highest BCUT2D eigenvalue weighted by Crippen LogP contribution is 2.11. The lowest BCUT2D eigenvalue weighted by Gasteiger charge is -2.20. The number of hydrogen-bond acceptors (Lipinski definition) is 2. The SMILES string of the molecule is Cc1cc(CNC(=O)N2CCCSCC2)ccc1F. The molecule has 1 aliphatic heterocycles. The van der Waals surface area contributed by atoms with E-state index >= 15 is 0 Å². The fraction of sp³-hybridized carbons (Fsp3) is 0.500. The Labute approximate surface area is 117 Å². The zero-order chi connectivity index (χ0) is 13.7. The van der Waals surface area contributed by atoms with Crippen molar-refractivity contribution in [3.8, 4) is 0 Å². The van der Waals surface area contributed by atoms with Gasteiger partial charge in [0, 0.05) is 25.4 Å². The Morgan fingerprint density at radius 1 is 1.42 bits per heavy atom. The minimum absolute atomic E-state index is 0.0236. The summed E-state index contributed by atoms with van der Waals surface area (Å²) in [5.74, 6) is 1.92. The van der Waals surface area contributed by atoms with E-state index in [1.165, 1.54) is 6.07 Å². The van der Waals surface area contributed by atoms with Crippen LogP contribution in [0.4, 0.5) is 9.18 Å². The van der Waals surface area contributed by atoms with Gasteiger partial charge in [-0.15, -0.1) is 0 Å². The predicted molar refractivity (Wildman–Crippen MR) is 76.9 cm³/mol. The van der Waals surface area contributed by atoms with Gasteiger partial charge < -0.3 is 10.2 Å². The molecule has 1 aromatic carbocycles. The summed E-state index contributed by atoms with van der Waals surface area (Å²) in [4.78, 5) is 13.9. The van der Waals surface area contributed by atoms with Crippen LogP contribution in [0, 0.1) is 12.7 Å². The molecule has 1 N–H and O–H groups in total. The first kappa shape index (κ1) is 14.2. The molecule has 0 radical (unpaired) electrons. The summed E-state index contributed by atoms with van der Waals surface area (Å²) in [6, 6.07) is 4.90. The molecule has 0 atom stereocenters. The molecule has 0 aromatic heterocycles.